The number of primary amides is 1. The molecule has 4 nitrogen and oxygen atoms in total. The van der Waals surface area contributed by atoms with Crippen molar-refractivity contribution in [3.05, 3.63) is 77.4 Å². The summed E-state index contributed by atoms with van der Waals surface area (Å²) in [6, 6.07) is 20.2. The Balaban J connectivity index is 2.01. The average molecular weight is 358 g/mol. The van der Waals surface area contributed by atoms with Gasteiger partial charge in [0.2, 0.25) is 5.91 Å². The van der Waals surface area contributed by atoms with E-state index >= 15 is 0 Å². The van der Waals surface area contributed by atoms with Crippen LogP contribution >= 0.6 is 0 Å². The number of carbonyl (C=O) groups excluding carboxylic acids is 1. The summed E-state index contributed by atoms with van der Waals surface area (Å²) in [4.78, 5) is 12.0. The predicted octanol–water partition coefficient (Wildman–Crippen LogP) is 4.51. The molecule has 4 rings (SSSR count). The van der Waals surface area contributed by atoms with E-state index in [1.54, 1.807) is 13.2 Å². The van der Waals surface area contributed by atoms with E-state index in [1.807, 2.05) is 30.3 Å². The standard InChI is InChI=1S/C23H22N2O2/c1-3-15-10-11-18-21(13-15)25(14-16-6-4-7-17(12-16)27-2)20-9-5-8-19(22(18)20)23(24)26/h4-13H,3,14H2,1-2H3,(H2,24,26). The molecule has 3 aromatic carbocycles. The van der Waals surface area contributed by atoms with Crippen molar-refractivity contribution in [2.75, 3.05) is 7.11 Å². The molecule has 4 aromatic rings. The molecule has 136 valence electrons. The molecular weight excluding hydrogens is 336 g/mol. The second-order valence-electron chi connectivity index (χ2n) is 6.71. The lowest BCUT2D eigenvalue weighted by molar-refractivity contribution is 0.100. The Morgan fingerprint density at radius 1 is 1.00 bits per heavy atom. The molecule has 2 N–H and O–H groups in total. The van der Waals surface area contributed by atoms with E-state index in [-0.39, 0.29) is 0 Å². The molecule has 0 fully saturated rings. The highest BCUT2D eigenvalue weighted by Gasteiger charge is 2.17. The van der Waals surface area contributed by atoms with Gasteiger partial charge in [0, 0.05) is 28.4 Å². The Labute approximate surface area is 158 Å². The monoisotopic (exact) mass is 358 g/mol. The van der Waals surface area contributed by atoms with Gasteiger partial charge in [-0.1, -0.05) is 37.3 Å². The van der Waals surface area contributed by atoms with Gasteiger partial charge in [-0.15, -0.1) is 0 Å². The van der Waals surface area contributed by atoms with Gasteiger partial charge >= 0.3 is 0 Å². The normalized spacial score (nSPS) is 11.2. The lowest BCUT2D eigenvalue weighted by Gasteiger charge is -2.10. The molecule has 1 heterocycles. The number of methoxy groups -OCH3 is 1. The van der Waals surface area contributed by atoms with Crippen LogP contribution in [0.15, 0.2) is 60.7 Å². The van der Waals surface area contributed by atoms with Gasteiger partial charge in [0.25, 0.3) is 0 Å². The first-order valence-corrected chi connectivity index (χ1v) is 9.09. The number of rotatable bonds is 5. The van der Waals surface area contributed by atoms with Crippen LogP contribution in [0.1, 0.15) is 28.4 Å². The van der Waals surface area contributed by atoms with Crippen molar-refractivity contribution < 1.29 is 9.53 Å². The van der Waals surface area contributed by atoms with Crippen LogP contribution in [0.5, 0.6) is 5.75 Å². The minimum absolute atomic E-state index is 0.402. The maximum absolute atomic E-state index is 12.0. The van der Waals surface area contributed by atoms with Crippen LogP contribution in [0, 0.1) is 0 Å². The highest BCUT2D eigenvalue weighted by atomic mass is 16.5. The molecule has 4 heteroatoms. The smallest absolute Gasteiger partial charge is 0.249 e. The summed E-state index contributed by atoms with van der Waals surface area (Å²) in [6.45, 7) is 2.83. The van der Waals surface area contributed by atoms with Crippen LogP contribution < -0.4 is 10.5 Å². The van der Waals surface area contributed by atoms with Crippen LogP contribution in [0.25, 0.3) is 21.8 Å². The summed E-state index contributed by atoms with van der Waals surface area (Å²) in [5, 5.41) is 1.98. The van der Waals surface area contributed by atoms with Crippen LogP contribution in [0.2, 0.25) is 0 Å². The fourth-order valence-electron chi connectivity index (χ4n) is 3.74. The third-order valence-electron chi connectivity index (χ3n) is 5.10. The summed E-state index contributed by atoms with van der Waals surface area (Å²) in [7, 11) is 1.67. The highest BCUT2D eigenvalue weighted by molar-refractivity contribution is 6.17. The van der Waals surface area contributed by atoms with Crippen molar-refractivity contribution in [2.45, 2.75) is 19.9 Å². The van der Waals surface area contributed by atoms with Gasteiger partial charge in [-0.05, 0) is 47.9 Å². The molecule has 0 radical (unpaired) electrons. The first-order chi connectivity index (χ1) is 13.1. The number of hydrogen-bond acceptors (Lipinski definition) is 2. The molecule has 0 aliphatic rings. The number of nitrogens with two attached hydrogens (primary N) is 1. The summed E-state index contributed by atoms with van der Waals surface area (Å²) in [5.74, 6) is 0.431. The first kappa shape index (κ1) is 17.2. The molecule has 0 atom stereocenters. The van der Waals surface area contributed by atoms with Crippen molar-refractivity contribution >= 4 is 27.7 Å². The second kappa shape index (κ2) is 6.80. The van der Waals surface area contributed by atoms with Gasteiger partial charge < -0.3 is 15.0 Å². The Morgan fingerprint density at radius 3 is 2.56 bits per heavy atom. The number of aryl methyl sites for hydroxylation is 1. The Kier molecular flexibility index (Phi) is 4.32. The van der Waals surface area contributed by atoms with Crippen molar-refractivity contribution in [2.24, 2.45) is 5.73 Å². The maximum Gasteiger partial charge on any atom is 0.249 e. The Hall–Kier alpha value is -3.27. The molecule has 0 aliphatic heterocycles. The number of aromatic nitrogens is 1. The number of amides is 1. The van der Waals surface area contributed by atoms with E-state index in [0.29, 0.717) is 12.1 Å². The van der Waals surface area contributed by atoms with E-state index in [4.69, 9.17) is 10.5 Å². The van der Waals surface area contributed by atoms with Crippen molar-refractivity contribution in [3.63, 3.8) is 0 Å². The second-order valence-corrected chi connectivity index (χ2v) is 6.71. The third kappa shape index (κ3) is 2.93. The number of ether oxygens (including phenoxy) is 1. The van der Waals surface area contributed by atoms with E-state index in [2.05, 4.69) is 35.8 Å². The van der Waals surface area contributed by atoms with E-state index < -0.39 is 5.91 Å². The molecule has 0 aliphatic carbocycles. The zero-order chi connectivity index (χ0) is 19.0. The molecule has 0 saturated heterocycles. The van der Waals surface area contributed by atoms with Crippen LogP contribution in [-0.4, -0.2) is 17.6 Å². The zero-order valence-corrected chi connectivity index (χ0v) is 15.5. The van der Waals surface area contributed by atoms with Gasteiger partial charge in [-0.25, -0.2) is 0 Å². The molecule has 0 bridgehead atoms. The van der Waals surface area contributed by atoms with E-state index in [1.165, 1.54) is 5.56 Å². The van der Waals surface area contributed by atoms with Crippen molar-refractivity contribution in [3.8, 4) is 5.75 Å². The van der Waals surface area contributed by atoms with Gasteiger partial charge in [0.05, 0.1) is 12.6 Å². The van der Waals surface area contributed by atoms with E-state index in [9.17, 15) is 4.79 Å². The topological polar surface area (TPSA) is 57.2 Å². The number of fused-ring (bicyclic) bond motifs is 3. The highest BCUT2D eigenvalue weighted by Crippen LogP contribution is 2.33. The van der Waals surface area contributed by atoms with Gasteiger partial charge in [-0.2, -0.15) is 0 Å². The van der Waals surface area contributed by atoms with Crippen molar-refractivity contribution in [1.29, 1.82) is 0 Å². The van der Waals surface area contributed by atoms with Crippen LogP contribution in [0.4, 0.5) is 0 Å². The lowest BCUT2D eigenvalue weighted by Crippen LogP contribution is -2.11. The first-order valence-electron chi connectivity index (χ1n) is 9.09. The minimum Gasteiger partial charge on any atom is -0.497 e. The fraction of sp³-hybridized carbons (Fsp3) is 0.174. The van der Waals surface area contributed by atoms with Gasteiger partial charge in [-0.3, -0.25) is 4.79 Å². The molecular formula is C23H22N2O2. The molecule has 1 amide bonds. The largest absolute Gasteiger partial charge is 0.497 e. The molecule has 0 spiro atoms. The lowest BCUT2D eigenvalue weighted by atomic mass is 10.0. The number of nitrogens with zero attached hydrogens (tertiary/aromatic N) is 1. The Bertz CT molecular complexity index is 1160. The predicted molar refractivity (Wildman–Crippen MR) is 109 cm³/mol. The summed E-state index contributed by atoms with van der Waals surface area (Å²) < 4.78 is 7.62. The van der Waals surface area contributed by atoms with Gasteiger partial charge in [0.1, 0.15) is 5.75 Å². The van der Waals surface area contributed by atoms with Crippen LogP contribution in [0.3, 0.4) is 0 Å². The summed E-state index contributed by atoms with van der Waals surface area (Å²) >= 11 is 0. The SMILES string of the molecule is CCc1ccc2c3c(C(N)=O)cccc3n(Cc3cccc(OC)c3)c2c1. The third-order valence-corrected chi connectivity index (χ3v) is 5.10. The number of carbonyl (C=O) groups is 1. The molecule has 1 aromatic heterocycles. The average Bonchev–Trinajstić information content (AvgIpc) is 3.01. The summed E-state index contributed by atoms with van der Waals surface area (Å²) in [6.07, 6.45) is 0.958. The Morgan fingerprint density at radius 2 is 1.81 bits per heavy atom. The molecule has 0 unspecified atom stereocenters. The zero-order valence-electron chi connectivity index (χ0n) is 15.5. The van der Waals surface area contributed by atoms with Gasteiger partial charge in [0.15, 0.2) is 0 Å². The molecule has 0 saturated carbocycles. The number of hydrogen-bond donors (Lipinski definition) is 1. The molecule has 27 heavy (non-hydrogen) atoms. The fourth-order valence-corrected chi connectivity index (χ4v) is 3.74. The maximum atomic E-state index is 12.0. The minimum atomic E-state index is -0.402. The number of benzene rings is 3. The quantitative estimate of drug-likeness (QED) is 0.570. The van der Waals surface area contributed by atoms with Crippen molar-refractivity contribution in [1.82, 2.24) is 4.57 Å². The van der Waals surface area contributed by atoms with Crippen LogP contribution in [-0.2, 0) is 13.0 Å². The van der Waals surface area contributed by atoms with E-state index in [0.717, 1.165) is 39.5 Å². The summed E-state index contributed by atoms with van der Waals surface area (Å²) in [5.41, 5.74) is 10.7.